The molecule has 0 amide bonds. The molecule has 0 unspecified atom stereocenters. The van der Waals surface area contributed by atoms with E-state index in [1.165, 1.54) is 0 Å². The smallest absolute Gasteiger partial charge is 0.348 e. The summed E-state index contributed by atoms with van der Waals surface area (Å²) in [7, 11) is 0. The molecule has 1 aromatic heterocycles. The van der Waals surface area contributed by atoms with Crippen LogP contribution in [0.25, 0.3) is 0 Å². The first kappa shape index (κ1) is 11.8. The highest BCUT2D eigenvalue weighted by molar-refractivity contribution is 5.69. The van der Waals surface area contributed by atoms with Gasteiger partial charge in [0.05, 0.1) is 17.7 Å². The fourth-order valence-electron chi connectivity index (χ4n) is 0.997. The molecule has 1 aromatic rings. The lowest BCUT2D eigenvalue weighted by Crippen LogP contribution is -2.27. The molecule has 8 nitrogen and oxygen atoms in total. The minimum Gasteiger partial charge on any atom is -0.465 e. The summed E-state index contributed by atoms with van der Waals surface area (Å²) in [5, 5.41) is 10.4. The topological polar surface area (TPSA) is 104 Å². The molecule has 0 radical (unpaired) electrons. The van der Waals surface area contributed by atoms with Crippen molar-refractivity contribution in [2.24, 2.45) is 0 Å². The van der Waals surface area contributed by atoms with Crippen molar-refractivity contribution in [3.63, 3.8) is 0 Å². The van der Waals surface area contributed by atoms with Gasteiger partial charge in [0.2, 0.25) is 0 Å². The molecule has 0 atom stereocenters. The average Bonchev–Trinajstić information content (AvgIpc) is 2.21. The molecule has 1 rings (SSSR count). The number of carbonyl (C=O) groups excluding carboxylic acids is 1. The van der Waals surface area contributed by atoms with E-state index in [1.54, 1.807) is 6.92 Å². The van der Waals surface area contributed by atoms with Gasteiger partial charge in [0.15, 0.2) is 0 Å². The first-order chi connectivity index (χ1) is 7.54. The van der Waals surface area contributed by atoms with Gasteiger partial charge in [-0.3, -0.25) is 19.5 Å². The van der Waals surface area contributed by atoms with Crippen LogP contribution in [0.3, 0.4) is 0 Å². The van der Waals surface area contributed by atoms with Crippen LogP contribution in [0.1, 0.15) is 6.92 Å². The van der Waals surface area contributed by atoms with Crippen LogP contribution in [-0.2, 0) is 16.1 Å². The van der Waals surface area contributed by atoms with E-state index in [4.69, 9.17) is 0 Å². The highest BCUT2D eigenvalue weighted by Gasteiger charge is 2.11. The Hall–Kier alpha value is -2.25. The van der Waals surface area contributed by atoms with Crippen LogP contribution in [0.2, 0.25) is 0 Å². The summed E-state index contributed by atoms with van der Waals surface area (Å²) in [5.74, 6) is -0.646. The molecular weight excluding hydrogens is 218 g/mol. The second-order valence-electron chi connectivity index (χ2n) is 2.78. The van der Waals surface area contributed by atoms with Gasteiger partial charge in [0, 0.05) is 0 Å². The van der Waals surface area contributed by atoms with Gasteiger partial charge in [-0.1, -0.05) is 0 Å². The van der Waals surface area contributed by atoms with Gasteiger partial charge in [-0.05, 0) is 6.92 Å². The summed E-state index contributed by atoms with van der Waals surface area (Å²) in [4.78, 5) is 35.2. The predicted octanol–water partition coefficient (Wildman–Crippen LogP) is -0.285. The number of nitrogens with zero attached hydrogens (tertiary/aromatic N) is 3. The predicted molar refractivity (Wildman–Crippen MR) is 51.8 cm³/mol. The molecule has 1 heterocycles. The third-order valence-electron chi connectivity index (χ3n) is 1.66. The van der Waals surface area contributed by atoms with E-state index in [0.29, 0.717) is 0 Å². The Kier molecular flexibility index (Phi) is 3.70. The van der Waals surface area contributed by atoms with Gasteiger partial charge in [-0.15, -0.1) is 0 Å². The molecule has 0 N–H and O–H groups in total. The highest BCUT2D eigenvalue weighted by atomic mass is 16.6. The van der Waals surface area contributed by atoms with Crippen LogP contribution in [0.5, 0.6) is 0 Å². The Bertz CT molecular complexity index is 467. The summed E-state index contributed by atoms with van der Waals surface area (Å²) in [6, 6.07) is 0. The molecular formula is C8H9N3O5. The number of esters is 1. The van der Waals surface area contributed by atoms with Crippen LogP contribution in [0, 0.1) is 10.1 Å². The van der Waals surface area contributed by atoms with Crippen LogP contribution < -0.4 is 5.69 Å². The van der Waals surface area contributed by atoms with Crippen LogP contribution in [0.4, 0.5) is 5.69 Å². The van der Waals surface area contributed by atoms with E-state index in [2.05, 4.69) is 9.72 Å². The maximum Gasteiger partial charge on any atom is 0.348 e. The molecule has 86 valence electrons. The van der Waals surface area contributed by atoms with Gasteiger partial charge < -0.3 is 4.74 Å². The first-order valence-electron chi connectivity index (χ1n) is 4.41. The van der Waals surface area contributed by atoms with E-state index < -0.39 is 16.6 Å². The van der Waals surface area contributed by atoms with Crippen molar-refractivity contribution in [2.45, 2.75) is 13.5 Å². The maximum atomic E-state index is 11.2. The lowest BCUT2D eigenvalue weighted by molar-refractivity contribution is -0.385. The van der Waals surface area contributed by atoms with Crippen molar-refractivity contribution in [3.8, 4) is 0 Å². The maximum absolute atomic E-state index is 11.2. The number of nitro groups is 1. The zero-order valence-corrected chi connectivity index (χ0v) is 8.45. The third kappa shape index (κ3) is 2.87. The lowest BCUT2D eigenvalue weighted by atomic mass is 10.5. The highest BCUT2D eigenvalue weighted by Crippen LogP contribution is 2.04. The molecule has 0 fully saturated rings. The van der Waals surface area contributed by atoms with Crippen LogP contribution in [0.15, 0.2) is 17.2 Å². The molecule has 0 saturated carbocycles. The molecule has 16 heavy (non-hydrogen) atoms. The largest absolute Gasteiger partial charge is 0.465 e. The van der Waals surface area contributed by atoms with E-state index in [1.807, 2.05) is 0 Å². The molecule has 8 heteroatoms. The summed E-state index contributed by atoms with van der Waals surface area (Å²) >= 11 is 0. The fraction of sp³-hybridized carbons (Fsp3) is 0.375. The van der Waals surface area contributed by atoms with E-state index in [-0.39, 0.29) is 18.8 Å². The number of rotatable bonds is 4. The van der Waals surface area contributed by atoms with E-state index in [0.717, 1.165) is 17.0 Å². The molecule has 0 aliphatic carbocycles. The van der Waals surface area contributed by atoms with Gasteiger partial charge in [-0.25, -0.2) is 4.79 Å². The van der Waals surface area contributed by atoms with Crippen molar-refractivity contribution in [3.05, 3.63) is 33.0 Å². The number of carbonyl (C=O) groups is 1. The number of aromatic nitrogens is 2. The van der Waals surface area contributed by atoms with Gasteiger partial charge >= 0.3 is 17.3 Å². The monoisotopic (exact) mass is 227 g/mol. The minimum absolute atomic E-state index is 0.177. The second kappa shape index (κ2) is 5.01. The Morgan fingerprint density at radius 2 is 2.38 bits per heavy atom. The van der Waals surface area contributed by atoms with E-state index in [9.17, 15) is 19.7 Å². The quantitative estimate of drug-likeness (QED) is 0.397. The zero-order chi connectivity index (χ0) is 12.1. The molecule has 0 aliphatic heterocycles. The normalized spacial score (nSPS) is 9.81. The summed E-state index contributed by atoms with van der Waals surface area (Å²) in [6.07, 6.45) is 1.79. The molecule has 0 aromatic carbocycles. The van der Waals surface area contributed by atoms with Gasteiger partial charge in [0.1, 0.15) is 12.7 Å². The van der Waals surface area contributed by atoms with Crippen molar-refractivity contribution >= 4 is 11.7 Å². The minimum atomic E-state index is -0.737. The van der Waals surface area contributed by atoms with Crippen molar-refractivity contribution in [1.82, 2.24) is 9.55 Å². The van der Waals surface area contributed by atoms with Crippen LogP contribution in [-0.4, -0.2) is 27.1 Å². The van der Waals surface area contributed by atoms with Crippen molar-refractivity contribution in [1.29, 1.82) is 0 Å². The standard InChI is InChI=1S/C8H9N3O5/c1-2-16-7(12)5-10-4-6(11(14)15)3-9-8(10)13/h3-4H,2,5H2,1H3. The molecule has 0 bridgehead atoms. The van der Waals surface area contributed by atoms with Crippen molar-refractivity contribution < 1.29 is 14.5 Å². The Morgan fingerprint density at radius 3 is 2.94 bits per heavy atom. The number of hydrogen-bond acceptors (Lipinski definition) is 6. The van der Waals surface area contributed by atoms with Gasteiger partial charge in [0.25, 0.3) is 0 Å². The molecule has 0 aliphatic rings. The number of ether oxygens (including phenoxy) is 1. The fourth-order valence-corrected chi connectivity index (χ4v) is 0.997. The summed E-state index contributed by atoms with van der Waals surface area (Å²) in [5.41, 5.74) is -1.09. The summed E-state index contributed by atoms with van der Waals surface area (Å²) < 4.78 is 5.43. The molecule has 0 spiro atoms. The van der Waals surface area contributed by atoms with E-state index >= 15 is 0 Å². The zero-order valence-electron chi connectivity index (χ0n) is 8.45. The first-order valence-corrected chi connectivity index (χ1v) is 4.41. The Balaban J connectivity index is 2.94. The molecule has 0 saturated heterocycles. The number of hydrogen-bond donors (Lipinski definition) is 0. The Morgan fingerprint density at radius 1 is 1.69 bits per heavy atom. The lowest BCUT2D eigenvalue weighted by Gasteiger charge is -2.03. The van der Waals surface area contributed by atoms with Gasteiger partial charge in [-0.2, -0.15) is 4.98 Å². The average molecular weight is 227 g/mol. The second-order valence-corrected chi connectivity index (χ2v) is 2.78. The summed E-state index contributed by atoms with van der Waals surface area (Å²) in [6.45, 7) is 1.41. The van der Waals surface area contributed by atoms with Crippen LogP contribution >= 0.6 is 0 Å². The SMILES string of the molecule is CCOC(=O)Cn1cc([N+](=O)[O-])cnc1=O. The Labute approximate surface area is 89.6 Å². The third-order valence-corrected chi connectivity index (χ3v) is 1.66. The van der Waals surface area contributed by atoms with Crippen molar-refractivity contribution in [2.75, 3.05) is 6.61 Å².